The third-order valence-corrected chi connectivity index (χ3v) is 4.93. The summed E-state index contributed by atoms with van der Waals surface area (Å²) in [6, 6.07) is 9.75. The normalized spacial score (nSPS) is 14.5. The monoisotopic (exact) mass is 390 g/mol. The fourth-order valence-electron chi connectivity index (χ4n) is 3.40. The second-order valence-electron chi connectivity index (χ2n) is 6.77. The number of nitrogens with zero attached hydrogens (tertiary/aromatic N) is 8. The number of anilines is 1. The van der Waals surface area contributed by atoms with Crippen molar-refractivity contribution in [1.29, 1.82) is 0 Å². The second kappa shape index (κ2) is 6.97. The van der Waals surface area contributed by atoms with E-state index in [1.807, 2.05) is 50.7 Å². The van der Waals surface area contributed by atoms with Crippen LogP contribution in [0.1, 0.15) is 16.2 Å². The third-order valence-electron chi connectivity index (χ3n) is 4.93. The minimum Gasteiger partial charge on any atom is -0.408 e. The molecule has 4 aromatic rings. The molecule has 0 radical (unpaired) electrons. The fourth-order valence-corrected chi connectivity index (χ4v) is 3.40. The van der Waals surface area contributed by atoms with Gasteiger partial charge < -0.3 is 14.2 Å². The van der Waals surface area contributed by atoms with Crippen LogP contribution in [0.4, 0.5) is 6.01 Å². The van der Waals surface area contributed by atoms with Crippen LogP contribution in [0.2, 0.25) is 0 Å². The van der Waals surface area contributed by atoms with Gasteiger partial charge in [-0.15, -0.1) is 15.3 Å². The highest BCUT2D eigenvalue weighted by Crippen LogP contribution is 2.20. The van der Waals surface area contributed by atoms with E-state index in [1.165, 1.54) is 0 Å². The highest BCUT2D eigenvalue weighted by atomic mass is 16.4. The maximum Gasteiger partial charge on any atom is 0.318 e. The average Bonchev–Trinajstić information content (AvgIpc) is 3.40. The number of aromatic nitrogens is 6. The van der Waals surface area contributed by atoms with Gasteiger partial charge in [0.2, 0.25) is 5.89 Å². The highest BCUT2D eigenvalue weighted by molar-refractivity contribution is 5.94. The molecular formula is C19H18N8O2. The Morgan fingerprint density at radius 3 is 2.52 bits per heavy atom. The number of fused-ring (bicyclic) bond motifs is 1. The second-order valence-corrected chi connectivity index (χ2v) is 6.77. The summed E-state index contributed by atoms with van der Waals surface area (Å²) >= 11 is 0. The highest BCUT2D eigenvalue weighted by Gasteiger charge is 2.24. The van der Waals surface area contributed by atoms with Gasteiger partial charge in [-0.05, 0) is 18.2 Å². The van der Waals surface area contributed by atoms with Crippen molar-refractivity contribution in [2.75, 3.05) is 31.1 Å². The summed E-state index contributed by atoms with van der Waals surface area (Å²) in [6.45, 7) is 4.28. The molecule has 146 valence electrons. The lowest BCUT2D eigenvalue weighted by Crippen LogP contribution is -2.48. The molecule has 1 aliphatic rings. The van der Waals surface area contributed by atoms with Crippen LogP contribution in [-0.4, -0.2) is 66.8 Å². The largest absolute Gasteiger partial charge is 0.408 e. The van der Waals surface area contributed by atoms with Crippen molar-refractivity contribution in [1.82, 2.24) is 34.7 Å². The molecule has 0 aliphatic carbocycles. The standard InChI is InChI=1S/C19H18N8O2/c1-13-21-24-19(29-13)26-11-9-25(10-12-26)17(28)15-5-3-14(4-6-15)16-22-23-18-20-7-2-8-27(16)18/h2-8H,9-12H2,1H3. The lowest BCUT2D eigenvalue weighted by Gasteiger charge is -2.33. The van der Waals surface area contributed by atoms with Crippen LogP contribution in [-0.2, 0) is 0 Å². The third kappa shape index (κ3) is 3.18. The Kier molecular flexibility index (Phi) is 4.15. The van der Waals surface area contributed by atoms with E-state index >= 15 is 0 Å². The van der Waals surface area contributed by atoms with Crippen molar-refractivity contribution in [3.63, 3.8) is 0 Å². The first-order valence-corrected chi connectivity index (χ1v) is 9.29. The lowest BCUT2D eigenvalue weighted by atomic mass is 10.1. The lowest BCUT2D eigenvalue weighted by molar-refractivity contribution is 0.0745. The van der Waals surface area contributed by atoms with Crippen LogP contribution >= 0.6 is 0 Å². The zero-order chi connectivity index (χ0) is 19.8. The van der Waals surface area contributed by atoms with E-state index in [-0.39, 0.29) is 5.91 Å². The van der Waals surface area contributed by atoms with Gasteiger partial charge in [-0.2, -0.15) is 0 Å². The Balaban J connectivity index is 1.28. The smallest absolute Gasteiger partial charge is 0.318 e. The van der Waals surface area contributed by atoms with Crippen LogP contribution in [0.15, 0.2) is 47.1 Å². The predicted molar refractivity (Wildman–Crippen MR) is 103 cm³/mol. The number of hydrogen-bond acceptors (Lipinski definition) is 8. The Labute approximate surface area is 165 Å². The maximum absolute atomic E-state index is 12.9. The first-order valence-electron chi connectivity index (χ1n) is 9.29. The molecule has 0 unspecified atom stereocenters. The summed E-state index contributed by atoms with van der Waals surface area (Å²) in [5, 5.41) is 16.2. The molecule has 1 aliphatic heterocycles. The SMILES string of the molecule is Cc1nnc(N2CCN(C(=O)c3ccc(-c4nnc5ncccn45)cc3)CC2)o1. The van der Waals surface area contributed by atoms with E-state index in [0.717, 1.165) is 5.56 Å². The van der Waals surface area contributed by atoms with Crippen molar-refractivity contribution in [3.05, 3.63) is 54.2 Å². The van der Waals surface area contributed by atoms with Crippen LogP contribution < -0.4 is 4.90 Å². The molecule has 1 saturated heterocycles. The molecule has 5 rings (SSSR count). The molecule has 29 heavy (non-hydrogen) atoms. The number of rotatable bonds is 3. The minimum atomic E-state index is 0.00526. The van der Waals surface area contributed by atoms with Crippen molar-refractivity contribution in [3.8, 4) is 11.4 Å². The molecule has 0 spiro atoms. The van der Waals surface area contributed by atoms with Gasteiger partial charge in [-0.25, -0.2) is 4.98 Å². The summed E-state index contributed by atoms with van der Waals surface area (Å²) in [5.74, 6) is 1.77. The molecule has 10 heteroatoms. The summed E-state index contributed by atoms with van der Waals surface area (Å²) < 4.78 is 7.28. The van der Waals surface area contributed by atoms with Crippen molar-refractivity contribution in [2.45, 2.75) is 6.92 Å². The minimum absolute atomic E-state index is 0.00526. The quantitative estimate of drug-likeness (QED) is 0.517. The van der Waals surface area contributed by atoms with Gasteiger partial charge in [0.1, 0.15) is 0 Å². The van der Waals surface area contributed by atoms with Crippen LogP contribution in [0, 0.1) is 6.92 Å². The van der Waals surface area contributed by atoms with E-state index in [9.17, 15) is 4.79 Å². The number of carbonyl (C=O) groups excluding carboxylic acids is 1. The number of piperazine rings is 1. The predicted octanol–water partition coefficient (Wildman–Crippen LogP) is 1.45. The van der Waals surface area contributed by atoms with Crippen molar-refractivity contribution < 1.29 is 9.21 Å². The number of benzene rings is 1. The molecule has 1 aromatic carbocycles. The Bertz CT molecular complexity index is 1160. The molecule has 0 atom stereocenters. The van der Waals surface area contributed by atoms with Crippen LogP contribution in [0.5, 0.6) is 0 Å². The maximum atomic E-state index is 12.9. The number of amides is 1. The summed E-state index contributed by atoms with van der Waals surface area (Å²) in [5.41, 5.74) is 1.52. The molecule has 10 nitrogen and oxygen atoms in total. The van der Waals surface area contributed by atoms with E-state index in [1.54, 1.807) is 13.1 Å². The fraction of sp³-hybridized carbons (Fsp3) is 0.263. The molecule has 0 saturated carbocycles. The Hall–Kier alpha value is -3.82. The first kappa shape index (κ1) is 17.3. The van der Waals surface area contributed by atoms with Gasteiger partial charge in [0.05, 0.1) is 0 Å². The molecule has 1 fully saturated rings. The van der Waals surface area contributed by atoms with E-state index in [2.05, 4.69) is 25.4 Å². The van der Waals surface area contributed by atoms with Gasteiger partial charge in [0.25, 0.3) is 11.7 Å². The van der Waals surface area contributed by atoms with E-state index in [0.29, 0.717) is 55.2 Å². The molecule has 1 amide bonds. The van der Waals surface area contributed by atoms with Crippen LogP contribution in [0.3, 0.4) is 0 Å². The summed E-state index contributed by atoms with van der Waals surface area (Å²) in [7, 11) is 0. The summed E-state index contributed by atoms with van der Waals surface area (Å²) in [6.07, 6.45) is 3.54. The van der Waals surface area contributed by atoms with E-state index < -0.39 is 0 Å². The molecule has 0 N–H and O–H groups in total. The topological polar surface area (TPSA) is 106 Å². The molecule has 3 aromatic heterocycles. The molecule has 0 bridgehead atoms. The Morgan fingerprint density at radius 2 is 1.79 bits per heavy atom. The van der Waals surface area contributed by atoms with Crippen LogP contribution in [0.25, 0.3) is 17.2 Å². The van der Waals surface area contributed by atoms with Gasteiger partial charge in [-0.1, -0.05) is 17.2 Å². The van der Waals surface area contributed by atoms with Gasteiger partial charge in [0, 0.05) is 56.6 Å². The van der Waals surface area contributed by atoms with Crippen molar-refractivity contribution in [2.24, 2.45) is 0 Å². The summed E-state index contributed by atoms with van der Waals surface area (Å²) in [4.78, 5) is 20.9. The molecule has 4 heterocycles. The zero-order valence-corrected chi connectivity index (χ0v) is 15.8. The average molecular weight is 390 g/mol. The first-order chi connectivity index (χ1) is 14.2. The Morgan fingerprint density at radius 1 is 1.00 bits per heavy atom. The molecular weight excluding hydrogens is 372 g/mol. The van der Waals surface area contributed by atoms with E-state index in [4.69, 9.17) is 4.42 Å². The van der Waals surface area contributed by atoms with Crippen molar-refractivity contribution >= 4 is 17.7 Å². The number of aryl methyl sites for hydroxylation is 1. The van der Waals surface area contributed by atoms with Gasteiger partial charge in [0.15, 0.2) is 5.82 Å². The number of carbonyl (C=O) groups is 1. The van der Waals surface area contributed by atoms with Gasteiger partial charge in [-0.3, -0.25) is 9.20 Å². The van der Waals surface area contributed by atoms with Gasteiger partial charge >= 0.3 is 6.01 Å². The zero-order valence-electron chi connectivity index (χ0n) is 15.8. The number of hydrogen-bond donors (Lipinski definition) is 0.